The van der Waals surface area contributed by atoms with Crippen molar-refractivity contribution >= 4 is 43.5 Å². The molecule has 2 atom stereocenters. The topological polar surface area (TPSA) is 100 Å². The second kappa shape index (κ2) is 11.4. The maximum Gasteiger partial charge on any atom is 0.239 e. The quantitative estimate of drug-likeness (QED) is 0.407. The minimum Gasteiger partial charge on any atom is -0.355 e. The lowest BCUT2D eigenvalue weighted by atomic mass is 9.95. The number of nitrogens with one attached hydrogen (secondary N) is 1. The Morgan fingerprint density at radius 3 is 2.79 bits per heavy atom. The van der Waals surface area contributed by atoms with E-state index >= 15 is 0 Å². The van der Waals surface area contributed by atoms with Crippen LogP contribution in [0.1, 0.15) is 34.8 Å². The third kappa shape index (κ3) is 5.96. The first-order valence-electron chi connectivity index (χ1n) is 12.6. The molecule has 5 rings (SSSR count). The molecule has 1 amide bonds. The molecule has 0 radical (unpaired) electrons. The lowest BCUT2D eigenvalue weighted by Crippen LogP contribution is -2.61. The predicted octanol–water partition coefficient (Wildman–Crippen LogP) is 3.03. The molecule has 2 unspecified atom stereocenters. The number of aromatic nitrogens is 3. The van der Waals surface area contributed by atoms with Gasteiger partial charge in [0.25, 0.3) is 0 Å². The van der Waals surface area contributed by atoms with E-state index in [1.807, 2.05) is 29.0 Å². The van der Waals surface area contributed by atoms with Gasteiger partial charge < -0.3 is 9.88 Å². The maximum absolute atomic E-state index is 13.4. The number of halogens is 2. The standard InChI is InChI=1S/C26H30BrClN6O3S/c1-38(36,37)34-12-11-33(16-23(34)26(35)30-7-2-9-32-10-8-29-17-32)25-22-6-5-21(28)14-18(22)3-4-19-13-20(27)15-31-24(19)25/h5-6,8,10,13-15,17,23,25H,2-4,7,9,11-12,16H2,1H3,(H,30,35). The van der Waals surface area contributed by atoms with Crippen molar-refractivity contribution in [3.8, 4) is 0 Å². The van der Waals surface area contributed by atoms with Gasteiger partial charge in [0.2, 0.25) is 15.9 Å². The molecular weight excluding hydrogens is 592 g/mol. The number of benzene rings is 1. The van der Waals surface area contributed by atoms with Crippen LogP contribution in [-0.4, -0.2) is 76.5 Å². The highest BCUT2D eigenvalue weighted by atomic mass is 79.9. The number of hydrogen-bond donors (Lipinski definition) is 1. The molecule has 1 aliphatic heterocycles. The Labute approximate surface area is 236 Å². The minimum absolute atomic E-state index is 0.217. The van der Waals surface area contributed by atoms with Crippen LogP contribution in [0.3, 0.4) is 0 Å². The van der Waals surface area contributed by atoms with E-state index < -0.39 is 16.1 Å². The Kier molecular flexibility index (Phi) is 8.20. The highest BCUT2D eigenvalue weighted by Crippen LogP contribution is 2.38. The zero-order valence-corrected chi connectivity index (χ0v) is 24.2. The van der Waals surface area contributed by atoms with Gasteiger partial charge in [0, 0.05) is 60.8 Å². The molecule has 2 aromatic heterocycles. The number of nitrogens with zero attached hydrogens (tertiary/aromatic N) is 5. The average molecular weight is 622 g/mol. The molecule has 1 aromatic carbocycles. The van der Waals surface area contributed by atoms with Crippen LogP contribution in [0.5, 0.6) is 0 Å². The molecule has 2 aliphatic rings. The number of piperazine rings is 1. The summed E-state index contributed by atoms with van der Waals surface area (Å²) < 4.78 is 29.5. The fraction of sp³-hybridized carbons (Fsp3) is 0.423. The normalized spacial score (nSPS) is 20.4. The van der Waals surface area contributed by atoms with E-state index in [4.69, 9.17) is 16.6 Å². The van der Waals surface area contributed by atoms with Gasteiger partial charge in [-0.3, -0.25) is 14.7 Å². The third-order valence-electron chi connectivity index (χ3n) is 7.20. The lowest BCUT2D eigenvalue weighted by Gasteiger charge is -2.42. The largest absolute Gasteiger partial charge is 0.355 e. The van der Waals surface area contributed by atoms with Crippen LogP contribution < -0.4 is 5.32 Å². The van der Waals surface area contributed by atoms with Crippen LogP contribution in [0, 0.1) is 0 Å². The van der Waals surface area contributed by atoms with Gasteiger partial charge >= 0.3 is 0 Å². The number of fused-ring (bicyclic) bond motifs is 2. The van der Waals surface area contributed by atoms with Gasteiger partial charge in [0.15, 0.2) is 0 Å². The molecule has 9 nitrogen and oxygen atoms in total. The summed E-state index contributed by atoms with van der Waals surface area (Å²) in [5, 5.41) is 3.64. The van der Waals surface area contributed by atoms with Crippen LogP contribution in [0.4, 0.5) is 0 Å². The Bertz CT molecular complexity index is 1360. The second-order valence-electron chi connectivity index (χ2n) is 9.77. The van der Waals surface area contributed by atoms with E-state index in [9.17, 15) is 13.2 Å². The summed E-state index contributed by atoms with van der Waals surface area (Å²) in [7, 11) is -3.59. The van der Waals surface area contributed by atoms with Crippen molar-refractivity contribution in [3.05, 3.63) is 81.1 Å². The molecule has 1 aliphatic carbocycles. The van der Waals surface area contributed by atoms with E-state index in [-0.39, 0.29) is 25.0 Å². The number of carbonyl (C=O) groups is 1. The first-order chi connectivity index (χ1) is 18.2. The molecule has 1 saturated heterocycles. The molecular formula is C26H30BrClN6O3S. The van der Waals surface area contributed by atoms with Gasteiger partial charge in [0.05, 0.1) is 24.3 Å². The fourth-order valence-electron chi connectivity index (χ4n) is 5.42. The first-order valence-corrected chi connectivity index (χ1v) is 15.6. The Hall–Kier alpha value is -2.31. The number of amides is 1. The number of sulfonamides is 1. The average Bonchev–Trinajstić information content (AvgIpc) is 3.35. The van der Waals surface area contributed by atoms with E-state index in [0.29, 0.717) is 31.1 Å². The summed E-state index contributed by atoms with van der Waals surface area (Å²) >= 11 is 9.91. The summed E-state index contributed by atoms with van der Waals surface area (Å²) in [4.78, 5) is 24.4. The highest BCUT2D eigenvalue weighted by Gasteiger charge is 2.41. The number of aryl methyl sites for hydroxylation is 3. The van der Waals surface area contributed by atoms with Crippen LogP contribution in [0.15, 0.2) is 53.7 Å². The molecule has 0 saturated carbocycles. The van der Waals surface area contributed by atoms with Crippen molar-refractivity contribution in [2.24, 2.45) is 0 Å². The SMILES string of the molecule is CS(=O)(=O)N1CCN(C2c3ccc(Cl)cc3CCc3cc(Br)cnc32)CC1C(=O)NCCCn1ccnc1. The Balaban J connectivity index is 1.42. The predicted molar refractivity (Wildman–Crippen MR) is 149 cm³/mol. The molecule has 0 bridgehead atoms. The molecule has 0 spiro atoms. The third-order valence-corrected chi connectivity index (χ3v) is 9.16. The van der Waals surface area contributed by atoms with Gasteiger partial charge in [0.1, 0.15) is 6.04 Å². The van der Waals surface area contributed by atoms with Crippen molar-refractivity contribution in [2.45, 2.75) is 37.9 Å². The summed E-state index contributed by atoms with van der Waals surface area (Å²) in [6, 6.07) is 6.96. The summed E-state index contributed by atoms with van der Waals surface area (Å²) in [6.07, 6.45) is 10.6. The molecule has 3 aromatic rings. The van der Waals surface area contributed by atoms with Gasteiger partial charge in [-0.2, -0.15) is 4.31 Å². The van der Waals surface area contributed by atoms with E-state index in [2.05, 4.69) is 37.2 Å². The van der Waals surface area contributed by atoms with Gasteiger partial charge in [-0.25, -0.2) is 13.4 Å². The van der Waals surface area contributed by atoms with Crippen molar-refractivity contribution in [2.75, 3.05) is 32.4 Å². The van der Waals surface area contributed by atoms with Crippen molar-refractivity contribution in [1.82, 2.24) is 29.1 Å². The van der Waals surface area contributed by atoms with Crippen LogP contribution in [0.25, 0.3) is 0 Å². The first kappa shape index (κ1) is 27.3. The van der Waals surface area contributed by atoms with Crippen molar-refractivity contribution in [1.29, 1.82) is 0 Å². The molecule has 1 fully saturated rings. The number of pyridine rings is 1. The van der Waals surface area contributed by atoms with Crippen LogP contribution in [0.2, 0.25) is 5.02 Å². The molecule has 3 heterocycles. The number of imidazole rings is 1. The van der Waals surface area contributed by atoms with Crippen molar-refractivity contribution < 1.29 is 13.2 Å². The Morgan fingerprint density at radius 1 is 1.21 bits per heavy atom. The van der Waals surface area contributed by atoms with Gasteiger partial charge in [-0.1, -0.05) is 17.7 Å². The van der Waals surface area contributed by atoms with Crippen LogP contribution in [-0.2, 0) is 34.2 Å². The monoisotopic (exact) mass is 620 g/mol. The van der Waals surface area contributed by atoms with E-state index in [1.54, 1.807) is 18.7 Å². The number of carbonyl (C=O) groups excluding carboxylic acids is 1. The summed E-state index contributed by atoms with van der Waals surface area (Å²) in [5.41, 5.74) is 4.29. The second-order valence-corrected chi connectivity index (χ2v) is 13.1. The molecule has 12 heteroatoms. The lowest BCUT2D eigenvalue weighted by molar-refractivity contribution is -0.126. The molecule has 202 valence electrons. The van der Waals surface area contributed by atoms with E-state index in [1.165, 1.54) is 10.6 Å². The zero-order valence-electron chi connectivity index (χ0n) is 21.1. The number of rotatable bonds is 7. The summed E-state index contributed by atoms with van der Waals surface area (Å²) in [5.74, 6) is -0.292. The summed E-state index contributed by atoms with van der Waals surface area (Å²) in [6.45, 7) is 2.10. The minimum atomic E-state index is -3.59. The Morgan fingerprint density at radius 2 is 2.03 bits per heavy atom. The maximum atomic E-state index is 13.4. The van der Waals surface area contributed by atoms with Crippen LogP contribution >= 0.6 is 27.5 Å². The van der Waals surface area contributed by atoms with Crippen molar-refractivity contribution in [3.63, 3.8) is 0 Å². The highest BCUT2D eigenvalue weighted by molar-refractivity contribution is 9.10. The van der Waals surface area contributed by atoms with E-state index in [0.717, 1.165) is 39.7 Å². The number of hydrogen-bond acceptors (Lipinski definition) is 6. The molecule has 38 heavy (non-hydrogen) atoms. The van der Waals surface area contributed by atoms with Gasteiger partial charge in [-0.05, 0) is 70.1 Å². The molecule has 1 N–H and O–H groups in total. The smallest absolute Gasteiger partial charge is 0.239 e. The zero-order chi connectivity index (χ0) is 26.9. The van der Waals surface area contributed by atoms with Gasteiger partial charge in [-0.15, -0.1) is 0 Å². The fourth-order valence-corrected chi connectivity index (χ4v) is 7.04.